The maximum Gasteiger partial charge on any atom is 0.166 e. The van der Waals surface area contributed by atoms with Crippen LogP contribution in [0.15, 0.2) is 36.8 Å². The fraction of sp³-hybridized carbons (Fsp3) is 0.462. The smallest absolute Gasteiger partial charge is 0.166 e. The van der Waals surface area contributed by atoms with Crippen LogP contribution in [0.4, 0.5) is 10.2 Å². The first kappa shape index (κ1) is 26.7. The Morgan fingerprint density at radius 3 is 2.67 bits per heavy atom. The van der Waals surface area contributed by atoms with Crippen LogP contribution in [0.25, 0.3) is 11.1 Å². The lowest BCUT2D eigenvalue weighted by molar-refractivity contribution is 0.0501. The molecule has 7 nitrogen and oxygen atoms in total. The molecule has 1 unspecified atom stereocenters. The molecule has 36 heavy (non-hydrogen) atoms. The van der Waals surface area contributed by atoms with Gasteiger partial charge in [-0.1, -0.05) is 23.2 Å². The number of hydrogen-bond acceptors (Lipinski definition) is 6. The van der Waals surface area contributed by atoms with Gasteiger partial charge in [0.05, 0.1) is 30.0 Å². The van der Waals surface area contributed by atoms with Crippen LogP contribution < -0.4 is 10.5 Å². The first-order chi connectivity index (χ1) is 17.2. The number of pyridine rings is 1. The van der Waals surface area contributed by atoms with Crippen LogP contribution in [0, 0.1) is 5.82 Å². The lowest BCUT2D eigenvalue weighted by Crippen LogP contribution is -2.34. The SMILES string of the molecule is CC(Oc1cc(-c2cnn(C(C)(C)COCCN3CCCC3)c2)cnc1N)c1c(Cl)ccc(F)c1Cl. The van der Waals surface area contributed by atoms with E-state index in [0.29, 0.717) is 29.5 Å². The van der Waals surface area contributed by atoms with Gasteiger partial charge in [0.1, 0.15) is 11.9 Å². The fourth-order valence-electron chi connectivity index (χ4n) is 4.26. The summed E-state index contributed by atoms with van der Waals surface area (Å²) in [5.74, 6) is -0.0246. The molecule has 10 heteroatoms. The van der Waals surface area contributed by atoms with Crippen LogP contribution in [0.5, 0.6) is 5.75 Å². The van der Waals surface area contributed by atoms with E-state index in [-0.39, 0.29) is 16.4 Å². The Morgan fingerprint density at radius 1 is 1.17 bits per heavy atom. The molecule has 1 aliphatic rings. The van der Waals surface area contributed by atoms with Crippen molar-refractivity contribution in [2.45, 2.75) is 45.3 Å². The molecule has 0 amide bonds. The molecule has 0 spiro atoms. The van der Waals surface area contributed by atoms with Crippen molar-refractivity contribution < 1.29 is 13.9 Å². The van der Waals surface area contributed by atoms with Crippen LogP contribution in [-0.4, -0.2) is 52.5 Å². The topological polar surface area (TPSA) is 78.4 Å². The van der Waals surface area contributed by atoms with Crippen molar-refractivity contribution in [1.29, 1.82) is 0 Å². The molecule has 1 aromatic carbocycles. The van der Waals surface area contributed by atoms with E-state index >= 15 is 0 Å². The van der Waals surface area contributed by atoms with E-state index in [1.807, 2.05) is 10.9 Å². The molecule has 2 N–H and O–H groups in total. The number of rotatable bonds is 10. The van der Waals surface area contributed by atoms with Gasteiger partial charge in [-0.2, -0.15) is 5.10 Å². The van der Waals surface area contributed by atoms with Gasteiger partial charge < -0.3 is 20.1 Å². The van der Waals surface area contributed by atoms with E-state index in [9.17, 15) is 4.39 Å². The Labute approximate surface area is 221 Å². The third-order valence-corrected chi connectivity index (χ3v) is 7.13. The average Bonchev–Trinajstić information content (AvgIpc) is 3.54. The molecule has 1 aliphatic heterocycles. The van der Waals surface area contributed by atoms with E-state index in [2.05, 4.69) is 28.8 Å². The van der Waals surface area contributed by atoms with Crippen LogP contribution in [0.1, 0.15) is 45.3 Å². The quantitative estimate of drug-likeness (QED) is 0.255. The molecular formula is C26H32Cl2FN5O2. The van der Waals surface area contributed by atoms with Crippen LogP contribution in [0.2, 0.25) is 10.0 Å². The molecule has 1 atom stereocenters. The Bertz CT molecular complexity index is 1200. The van der Waals surface area contributed by atoms with Crippen molar-refractivity contribution in [2.75, 3.05) is 38.6 Å². The van der Waals surface area contributed by atoms with Crippen LogP contribution in [0.3, 0.4) is 0 Å². The molecule has 194 valence electrons. The standard InChI is InChI=1S/C26H32Cl2FN5O2/c1-17(23-20(27)6-7-21(29)24(23)28)36-22-12-18(13-31-25(22)30)19-14-32-34(15-19)26(2,3)16-35-11-10-33-8-4-5-9-33/h6-7,12-15,17H,4-5,8-11,16H2,1-3H3,(H2,30,31). The maximum atomic E-state index is 14.0. The predicted molar refractivity (Wildman–Crippen MR) is 141 cm³/mol. The highest BCUT2D eigenvalue weighted by molar-refractivity contribution is 6.36. The van der Waals surface area contributed by atoms with E-state index in [1.165, 1.54) is 25.0 Å². The van der Waals surface area contributed by atoms with Gasteiger partial charge in [-0.15, -0.1) is 0 Å². The summed E-state index contributed by atoms with van der Waals surface area (Å²) in [6.07, 6.45) is 7.28. The summed E-state index contributed by atoms with van der Waals surface area (Å²) in [4.78, 5) is 6.72. The van der Waals surface area contributed by atoms with Crippen molar-refractivity contribution in [2.24, 2.45) is 0 Å². The molecule has 0 bridgehead atoms. The lowest BCUT2D eigenvalue weighted by Gasteiger charge is -2.26. The largest absolute Gasteiger partial charge is 0.482 e. The normalized spacial score (nSPS) is 15.4. The molecule has 1 fully saturated rings. The third-order valence-electron chi connectivity index (χ3n) is 6.41. The Kier molecular flexibility index (Phi) is 8.40. The number of nitrogen functional groups attached to an aromatic ring is 1. The summed E-state index contributed by atoms with van der Waals surface area (Å²) in [5, 5.41) is 4.79. The summed E-state index contributed by atoms with van der Waals surface area (Å²) >= 11 is 12.4. The molecule has 0 aliphatic carbocycles. The molecule has 2 aromatic heterocycles. The Hall–Kier alpha value is -2.39. The first-order valence-electron chi connectivity index (χ1n) is 12.1. The predicted octanol–water partition coefficient (Wildman–Crippen LogP) is 5.96. The number of likely N-dealkylation sites (tertiary alicyclic amines) is 1. The molecule has 4 rings (SSSR count). The Balaban J connectivity index is 1.44. The number of hydrogen-bond donors (Lipinski definition) is 1. The average molecular weight is 536 g/mol. The second-order valence-electron chi connectivity index (χ2n) is 9.71. The Morgan fingerprint density at radius 2 is 1.92 bits per heavy atom. The second kappa shape index (κ2) is 11.3. The van der Waals surface area contributed by atoms with E-state index in [4.69, 9.17) is 38.4 Å². The minimum absolute atomic E-state index is 0.0798. The van der Waals surface area contributed by atoms with Gasteiger partial charge in [0.15, 0.2) is 11.6 Å². The third kappa shape index (κ3) is 6.11. The van der Waals surface area contributed by atoms with Crippen LogP contribution >= 0.6 is 23.2 Å². The monoisotopic (exact) mass is 535 g/mol. The molecular weight excluding hydrogens is 504 g/mol. The zero-order valence-corrected chi connectivity index (χ0v) is 22.3. The van der Waals surface area contributed by atoms with Gasteiger partial charge in [0, 0.05) is 40.7 Å². The van der Waals surface area contributed by atoms with Gasteiger partial charge in [0.2, 0.25) is 0 Å². The second-order valence-corrected chi connectivity index (χ2v) is 10.5. The van der Waals surface area contributed by atoms with Crippen molar-refractivity contribution >= 4 is 29.0 Å². The molecule has 3 heterocycles. The van der Waals surface area contributed by atoms with Crippen molar-refractivity contribution in [3.8, 4) is 16.9 Å². The summed E-state index contributed by atoms with van der Waals surface area (Å²) in [5.41, 5.74) is 7.72. The highest BCUT2D eigenvalue weighted by atomic mass is 35.5. The first-order valence-corrected chi connectivity index (χ1v) is 12.8. The summed E-state index contributed by atoms with van der Waals surface area (Å²) in [7, 11) is 0. The molecule has 0 radical (unpaired) electrons. The number of ether oxygens (including phenoxy) is 2. The van der Waals surface area contributed by atoms with Gasteiger partial charge in [0.25, 0.3) is 0 Å². The minimum atomic E-state index is -0.653. The zero-order valence-electron chi connectivity index (χ0n) is 20.8. The van der Waals surface area contributed by atoms with Crippen molar-refractivity contribution in [3.63, 3.8) is 0 Å². The number of nitrogens with zero attached hydrogens (tertiary/aromatic N) is 4. The number of benzene rings is 1. The summed E-state index contributed by atoms with van der Waals surface area (Å²) in [6, 6.07) is 4.44. The highest BCUT2D eigenvalue weighted by Gasteiger charge is 2.24. The lowest BCUT2D eigenvalue weighted by atomic mass is 10.1. The van der Waals surface area contributed by atoms with Gasteiger partial charge >= 0.3 is 0 Å². The summed E-state index contributed by atoms with van der Waals surface area (Å²) in [6.45, 7) is 10.4. The van der Waals surface area contributed by atoms with Crippen molar-refractivity contribution in [3.05, 3.63) is 58.2 Å². The van der Waals surface area contributed by atoms with Gasteiger partial charge in [-0.3, -0.25) is 4.68 Å². The molecule has 1 saturated heterocycles. The van der Waals surface area contributed by atoms with E-state index in [1.54, 1.807) is 25.4 Å². The number of nitrogens with two attached hydrogens (primary N) is 1. The fourth-order valence-corrected chi connectivity index (χ4v) is 4.94. The minimum Gasteiger partial charge on any atom is -0.482 e. The molecule has 0 saturated carbocycles. The maximum absolute atomic E-state index is 14.0. The zero-order chi connectivity index (χ0) is 25.9. The van der Waals surface area contributed by atoms with Crippen molar-refractivity contribution in [1.82, 2.24) is 19.7 Å². The molecule has 3 aromatic rings. The van der Waals surface area contributed by atoms with Gasteiger partial charge in [-0.05, 0) is 64.9 Å². The van der Waals surface area contributed by atoms with E-state index in [0.717, 1.165) is 30.8 Å². The van der Waals surface area contributed by atoms with Gasteiger partial charge in [-0.25, -0.2) is 9.37 Å². The summed E-state index contributed by atoms with van der Waals surface area (Å²) < 4.78 is 27.9. The number of aromatic nitrogens is 3. The highest BCUT2D eigenvalue weighted by Crippen LogP contribution is 2.37. The van der Waals surface area contributed by atoms with E-state index < -0.39 is 11.9 Å². The van der Waals surface area contributed by atoms with Crippen LogP contribution in [-0.2, 0) is 10.3 Å². The number of anilines is 1. The number of halogens is 3.